The van der Waals surface area contributed by atoms with Gasteiger partial charge in [-0.05, 0) is 42.3 Å². The standard InChI is InChI=1S/C17H13F3O4/c18-17(19,20)24-13-3-1-2-11(8-13)4-6-14(21)12-5-7-15-16(9-12)23-10-22-15/h1-3,5,7-9H,4,6,10H2. The Balaban J connectivity index is 1.63. The molecular formula is C17H13F3O4. The minimum absolute atomic E-state index is 0.124. The van der Waals surface area contributed by atoms with E-state index in [0.717, 1.165) is 0 Å². The Morgan fingerprint density at radius 2 is 1.88 bits per heavy atom. The number of hydrogen-bond donors (Lipinski definition) is 0. The van der Waals surface area contributed by atoms with Crippen LogP contribution in [0.4, 0.5) is 13.2 Å². The Hall–Kier alpha value is -2.70. The Labute approximate surface area is 135 Å². The van der Waals surface area contributed by atoms with Crippen LogP contribution in [0.25, 0.3) is 0 Å². The molecule has 3 rings (SSSR count). The van der Waals surface area contributed by atoms with Crippen molar-refractivity contribution in [3.8, 4) is 17.2 Å². The minimum Gasteiger partial charge on any atom is -0.454 e. The summed E-state index contributed by atoms with van der Waals surface area (Å²) in [6.45, 7) is 0.124. The number of aryl methyl sites for hydroxylation is 1. The molecule has 2 aromatic carbocycles. The second-order valence-electron chi connectivity index (χ2n) is 5.19. The van der Waals surface area contributed by atoms with Crippen molar-refractivity contribution in [3.05, 3.63) is 53.6 Å². The third-order valence-corrected chi connectivity index (χ3v) is 3.47. The molecule has 0 atom stereocenters. The van der Waals surface area contributed by atoms with Gasteiger partial charge in [0.15, 0.2) is 17.3 Å². The molecule has 0 bridgehead atoms. The number of alkyl halides is 3. The summed E-state index contributed by atoms with van der Waals surface area (Å²) in [7, 11) is 0. The van der Waals surface area contributed by atoms with Crippen LogP contribution < -0.4 is 14.2 Å². The summed E-state index contributed by atoms with van der Waals surface area (Å²) in [6, 6.07) is 10.5. The molecule has 0 amide bonds. The molecule has 0 unspecified atom stereocenters. The van der Waals surface area contributed by atoms with E-state index in [1.165, 1.54) is 18.2 Å². The number of Topliss-reactive ketones (excluding diaryl/α,β-unsaturated/α-hetero) is 1. The minimum atomic E-state index is -4.74. The van der Waals surface area contributed by atoms with E-state index in [1.807, 2.05) is 0 Å². The van der Waals surface area contributed by atoms with Crippen molar-refractivity contribution >= 4 is 5.78 Å². The molecule has 0 fully saturated rings. The molecule has 2 aromatic rings. The van der Waals surface area contributed by atoms with Crippen LogP contribution in [0.15, 0.2) is 42.5 Å². The van der Waals surface area contributed by atoms with E-state index in [2.05, 4.69) is 4.74 Å². The number of hydrogen-bond acceptors (Lipinski definition) is 4. The number of ether oxygens (including phenoxy) is 3. The van der Waals surface area contributed by atoms with Crippen LogP contribution in [-0.2, 0) is 6.42 Å². The lowest BCUT2D eigenvalue weighted by atomic mass is 10.0. The fourth-order valence-electron chi connectivity index (χ4n) is 2.37. The molecule has 0 aliphatic carbocycles. The summed E-state index contributed by atoms with van der Waals surface area (Å²) >= 11 is 0. The first-order valence-electron chi connectivity index (χ1n) is 7.18. The molecule has 0 radical (unpaired) electrons. The smallest absolute Gasteiger partial charge is 0.454 e. The van der Waals surface area contributed by atoms with E-state index < -0.39 is 6.36 Å². The van der Waals surface area contributed by atoms with E-state index in [0.29, 0.717) is 29.0 Å². The van der Waals surface area contributed by atoms with Gasteiger partial charge in [0.25, 0.3) is 0 Å². The Morgan fingerprint density at radius 1 is 1.08 bits per heavy atom. The van der Waals surface area contributed by atoms with E-state index in [4.69, 9.17) is 9.47 Å². The Kier molecular flexibility index (Phi) is 4.33. The Morgan fingerprint density at radius 3 is 2.67 bits per heavy atom. The van der Waals surface area contributed by atoms with E-state index >= 15 is 0 Å². The maximum atomic E-state index is 12.2. The number of carbonyl (C=O) groups is 1. The van der Waals surface area contributed by atoms with Crippen LogP contribution in [0.3, 0.4) is 0 Å². The maximum absolute atomic E-state index is 12.2. The van der Waals surface area contributed by atoms with Crippen molar-refractivity contribution in [1.29, 1.82) is 0 Å². The number of ketones is 1. The van der Waals surface area contributed by atoms with Crippen LogP contribution in [0.5, 0.6) is 17.2 Å². The van der Waals surface area contributed by atoms with Gasteiger partial charge in [-0.2, -0.15) is 0 Å². The largest absolute Gasteiger partial charge is 0.573 e. The molecule has 0 N–H and O–H groups in total. The third-order valence-electron chi connectivity index (χ3n) is 3.47. The first-order valence-corrected chi connectivity index (χ1v) is 7.18. The summed E-state index contributed by atoms with van der Waals surface area (Å²) < 4.78 is 50.9. The van der Waals surface area contributed by atoms with Gasteiger partial charge in [-0.25, -0.2) is 0 Å². The molecule has 7 heteroatoms. The highest BCUT2D eigenvalue weighted by Gasteiger charge is 2.31. The highest BCUT2D eigenvalue weighted by atomic mass is 19.4. The van der Waals surface area contributed by atoms with Gasteiger partial charge in [0.05, 0.1) is 0 Å². The normalized spacial score (nSPS) is 13.0. The lowest BCUT2D eigenvalue weighted by Gasteiger charge is -2.10. The number of halogens is 3. The van der Waals surface area contributed by atoms with E-state index in [9.17, 15) is 18.0 Å². The van der Waals surface area contributed by atoms with Crippen LogP contribution in [0.2, 0.25) is 0 Å². The lowest BCUT2D eigenvalue weighted by molar-refractivity contribution is -0.274. The molecule has 1 aliphatic heterocycles. The third kappa shape index (κ3) is 3.98. The summed E-state index contributed by atoms with van der Waals surface area (Å²) in [5.41, 5.74) is 1.06. The monoisotopic (exact) mass is 338 g/mol. The van der Waals surface area contributed by atoms with Crippen LogP contribution >= 0.6 is 0 Å². The number of rotatable bonds is 5. The summed E-state index contributed by atoms with van der Waals surface area (Å²) in [5, 5.41) is 0. The maximum Gasteiger partial charge on any atom is 0.573 e. The first-order chi connectivity index (χ1) is 11.4. The molecular weight excluding hydrogens is 325 g/mol. The zero-order valence-corrected chi connectivity index (χ0v) is 12.4. The van der Waals surface area contributed by atoms with Crippen molar-refractivity contribution in [2.24, 2.45) is 0 Å². The molecule has 4 nitrogen and oxygen atoms in total. The average molecular weight is 338 g/mol. The van der Waals surface area contributed by atoms with Gasteiger partial charge < -0.3 is 14.2 Å². The van der Waals surface area contributed by atoms with Crippen LogP contribution in [0.1, 0.15) is 22.3 Å². The zero-order chi connectivity index (χ0) is 17.2. The van der Waals surface area contributed by atoms with Gasteiger partial charge in [0.2, 0.25) is 6.79 Å². The van der Waals surface area contributed by atoms with Gasteiger partial charge in [-0.1, -0.05) is 12.1 Å². The molecule has 24 heavy (non-hydrogen) atoms. The van der Waals surface area contributed by atoms with Crippen molar-refractivity contribution < 1.29 is 32.2 Å². The summed E-state index contributed by atoms with van der Waals surface area (Å²) in [5.74, 6) is 0.677. The first kappa shape index (κ1) is 16.2. The fourth-order valence-corrected chi connectivity index (χ4v) is 2.37. The van der Waals surface area contributed by atoms with Crippen molar-refractivity contribution in [1.82, 2.24) is 0 Å². The second kappa shape index (κ2) is 6.43. The zero-order valence-electron chi connectivity index (χ0n) is 12.4. The highest BCUT2D eigenvalue weighted by Crippen LogP contribution is 2.33. The molecule has 0 spiro atoms. The van der Waals surface area contributed by atoms with Crippen molar-refractivity contribution in [3.63, 3.8) is 0 Å². The molecule has 1 heterocycles. The van der Waals surface area contributed by atoms with Gasteiger partial charge >= 0.3 is 6.36 Å². The number of fused-ring (bicyclic) bond motifs is 1. The van der Waals surface area contributed by atoms with Crippen LogP contribution in [0, 0.1) is 0 Å². The molecule has 0 aromatic heterocycles. The molecule has 1 aliphatic rings. The average Bonchev–Trinajstić information content (AvgIpc) is 2.99. The predicted octanol–water partition coefficient (Wildman–Crippen LogP) is 4.13. The number of benzene rings is 2. The van der Waals surface area contributed by atoms with E-state index in [-0.39, 0.29) is 24.7 Å². The molecule has 0 saturated heterocycles. The number of carbonyl (C=O) groups excluding carboxylic acids is 1. The summed E-state index contributed by atoms with van der Waals surface area (Å²) in [4.78, 5) is 12.2. The quantitative estimate of drug-likeness (QED) is 0.769. The second-order valence-corrected chi connectivity index (χ2v) is 5.19. The SMILES string of the molecule is O=C(CCc1cccc(OC(F)(F)F)c1)c1ccc2c(c1)OCO2. The fraction of sp³-hybridized carbons (Fsp3) is 0.235. The van der Waals surface area contributed by atoms with Gasteiger partial charge in [0, 0.05) is 12.0 Å². The molecule has 126 valence electrons. The van der Waals surface area contributed by atoms with Crippen molar-refractivity contribution in [2.45, 2.75) is 19.2 Å². The summed E-state index contributed by atoms with van der Waals surface area (Å²) in [6.07, 6.45) is -4.27. The molecule has 0 saturated carbocycles. The van der Waals surface area contributed by atoms with Gasteiger partial charge in [-0.3, -0.25) is 4.79 Å². The van der Waals surface area contributed by atoms with E-state index in [1.54, 1.807) is 24.3 Å². The van der Waals surface area contributed by atoms with Gasteiger partial charge in [-0.15, -0.1) is 13.2 Å². The highest BCUT2D eigenvalue weighted by molar-refractivity contribution is 5.96. The van der Waals surface area contributed by atoms with Crippen LogP contribution in [-0.4, -0.2) is 18.9 Å². The lowest BCUT2D eigenvalue weighted by Crippen LogP contribution is -2.17. The van der Waals surface area contributed by atoms with Gasteiger partial charge in [0.1, 0.15) is 5.75 Å². The Bertz CT molecular complexity index is 756. The van der Waals surface area contributed by atoms with Crippen molar-refractivity contribution in [2.75, 3.05) is 6.79 Å². The predicted molar refractivity (Wildman–Crippen MR) is 78.3 cm³/mol. The topological polar surface area (TPSA) is 44.8 Å².